The highest BCUT2D eigenvalue weighted by atomic mass is 16.2. The molecular weight excluding hydrogens is 362 g/mol. The first-order chi connectivity index (χ1) is 14.0. The molecule has 0 aromatic heterocycles. The normalized spacial score (nSPS) is 25.3. The molecule has 0 saturated carbocycles. The molecule has 2 fully saturated rings. The first kappa shape index (κ1) is 18.2. The largest absolute Gasteiger partial charge is 0.331 e. The van der Waals surface area contributed by atoms with E-state index in [1.807, 2.05) is 41.0 Å². The second-order valence-corrected chi connectivity index (χ2v) is 8.65. The Bertz CT molecular complexity index is 986. The fraction of sp³-hybridized carbons (Fsp3) is 0.417. The van der Waals surface area contributed by atoms with Crippen molar-refractivity contribution in [2.45, 2.75) is 57.7 Å². The van der Waals surface area contributed by atoms with Gasteiger partial charge in [-0.3, -0.25) is 4.79 Å². The molecule has 2 aromatic carbocycles. The van der Waals surface area contributed by atoms with Gasteiger partial charge in [-0.1, -0.05) is 35.9 Å². The fourth-order valence-corrected chi connectivity index (χ4v) is 5.40. The predicted molar refractivity (Wildman–Crippen MR) is 113 cm³/mol. The van der Waals surface area contributed by atoms with Crippen LogP contribution in [0.15, 0.2) is 42.5 Å². The Kier molecular flexibility index (Phi) is 4.34. The number of hydrogen-bond acceptors (Lipinski definition) is 2. The van der Waals surface area contributed by atoms with Gasteiger partial charge in [-0.2, -0.15) is 0 Å². The van der Waals surface area contributed by atoms with Gasteiger partial charge in [0, 0.05) is 12.2 Å². The number of carbonyl (C=O) groups is 2. The predicted octanol–water partition coefficient (Wildman–Crippen LogP) is 4.20. The van der Waals surface area contributed by atoms with Crippen molar-refractivity contribution in [2.75, 3.05) is 11.9 Å². The van der Waals surface area contributed by atoms with E-state index in [1.54, 1.807) is 0 Å². The topological polar surface area (TPSA) is 52.7 Å². The van der Waals surface area contributed by atoms with Crippen molar-refractivity contribution in [3.63, 3.8) is 0 Å². The van der Waals surface area contributed by atoms with E-state index in [9.17, 15) is 9.59 Å². The fourth-order valence-electron chi connectivity index (χ4n) is 5.40. The summed E-state index contributed by atoms with van der Waals surface area (Å²) in [6, 6.07) is 13.9. The molecule has 3 aliphatic heterocycles. The maximum absolute atomic E-state index is 13.4. The zero-order chi connectivity index (χ0) is 20.1. The van der Waals surface area contributed by atoms with Crippen molar-refractivity contribution in [3.8, 4) is 0 Å². The number of amides is 3. The number of urea groups is 1. The monoisotopic (exact) mass is 389 g/mol. The number of rotatable bonds is 1. The van der Waals surface area contributed by atoms with Crippen molar-refractivity contribution >= 4 is 17.6 Å². The van der Waals surface area contributed by atoms with Gasteiger partial charge >= 0.3 is 6.03 Å². The van der Waals surface area contributed by atoms with Crippen molar-refractivity contribution in [2.24, 2.45) is 0 Å². The van der Waals surface area contributed by atoms with Crippen LogP contribution < -0.4 is 5.32 Å². The Morgan fingerprint density at radius 1 is 1.07 bits per heavy atom. The number of aryl methyl sites for hydroxylation is 2. The van der Waals surface area contributed by atoms with E-state index >= 15 is 0 Å². The maximum Gasteiger partial charge on any atom is 0.322 e. The molecule has 2 bridgehead atoms. The van der Waals surface area contributed by atoms with Gasteiger partial charge in [-0.05, 0) is 68.4 Å². The van der Waals surface area contributed by atoms with E-state index in [4.69, 9.17) is 0 Å². The highest BCUT2D eigenvalue weighted by Crippen LogP contribution is 2.44. The van der Waals surface area contributed by atoms with E-state index < -0.39 is 0 Å². The van der Waals surface area contributed by atoms with Crippen LogP contribution >= 0.6 is 0 Å². The van der Waals surface area contributed by atoms with Crippen LogP contribution in [0.25, 0.3) is 0 Å². The molecule has 5 rings (SSSR count). The van der Waals surface area contributed by atoms with E-state index in [0.29, 0.717) is 0 Å². The average Bonchev–Trinajstić information content (AvgIpc) is 2.71. The van der Waals surface area contributed by atoms with Gasteiger partial charge in [0.15, 0.2) is 0 Å². The molecule has 2 saturated heterocycles. The smallest absolute Gasteiger partial charge is 0.322 e. The van der Waals surface area contributed by atoms with Crippen LogP contribution in [0.4, 0.5) is 10.5 Å². The Labute approximate surface area is 171 Å². The number of piperazine rings is 1. The summed E-state index contributed by atoms with van der Waals surface area (Å²) >= 11 is 0. The minimum Gasteiger partial charge on any atom is -0.331 e. The summed E-state index contributed by atoms with van der Waals surface area (Å²) < 4.78 is 0. The standard InChI is InChI=1S/C24H27N3O2/c1-15-5-3-6-18(13-15)25-24(29)27-20-7-4-8-21(27)23(28)26-12-11-17-10-9-16(2)14-19(17)22(20)26/h3,5-6,9-10,13-14,20-22H,4,7-8,11-12H2,1-2H3,(H,25,29). The second-order valence-electron chi connectivity index (χ2n) is 8.65. The minimum atomic E-state index is -0.346. The van der Waals surface area contributed by atoms with Crippen LogP contribution in [0.3, 0.4) is 0 Å². The van der Waals surface area contributed by atoms with Gasteiger partial charge in [0.05, 0.1) is 12.1 Å². The molecule has 29 heavy (non-hydrogen) atoms. The number of piperidine rings is 1. The van der Waals surface area contributed by atoms with Crippen LogP contribution in [0.1, 0.15) is 47.6 Å². The number of anilines is 1. The molecule has 0 spiro atoms. The number of nitrogens with one attached hydrogen (secondary N) is 1. The Hall–Kier alpha value is -2.82. The van der Waals surface area contributed by atoms with Gasteiger partial charge in [-0.15, -0.1) is 0 Å². The van der Waals surface area contributed by atoms with Crippen LogP contribution in [-0.2, 0) is 11.2 Å². The lowest BCUT2D eigenvalue weighted by Crippen LogP contribution is -2.67. The Balaban J connectivity index is 1.52. The lowest BCUT2D eigenvalue weighted by Gasteiger charge is -2.55. The highest BCUT2D eigenvalue weighted by molar-refractivity contribution is 5.95. The van der Waals surface area contributed by atoms with Gasteiger partial charge in [0.2, 0.25) is 5.91 Å². The molecule has 3 atom stereocenters. The van der Waals surface area contributed by atoms with E-state index in [2.05, 4.69) is 30.4 Å². The molecule has 5 nitrogen and oxygen atoms in total. The average molecular weight is 389 g/mol. The second kappa shape index (κ2) is 6.90. The summed E-state index contributed by atoms with van der Waals surface area (Å²) in [4.78, 5) is 30.6. The van der Waals surface area contributed by atoms with Crippen molar-refractivity contribution in [1.29, 1.82) is 0 Å². The molecule has 3 heterocycles. The number of fused-ring (bicyclic) bond motifs is 6. The van der Waals surface area contributed by atoms with Crippen LogP contribution in [0.2, 0.25) is 0 Å². The van der Waals surface area contributed by atoms with Crippen LogP contribution in [0, 0.1) is 13.8 Å². The third kappa shape index (κ3) is 3.00. The summed E-state index contributed by atoms with van der Waals surface area (Å²) in [7, 11) is 0. The van der Waals surface area contributed by atoms with Crippen LogP contribution in [0.5, 0.6) is 0 Å². The molecular formula is C24H27N3O2. The Morgan fingerprint density at radius 2 is 1.90 bits per heavy atom. The van der Waals surface area contributed by atoms with Crippen molar-refractivity contribution < 1.29 is 9.59 Å². The molecule has 0 aliphatic carbocycles. The zero-order valence-electron chi connectivity index (χ0n) is 17.0. The van der Waals surface area contributed by atoms with E-state index in [1.165, 1.54) is 16.7 Å². The van der Waals surface area contributed by atoms with Crippen molar-refractivity contribution in [1.82, 2.24) is 9.80 Å². The molecule has 3 aliphatic rings. The third-order valence-corrected chi connectivity index (χ3v) is 6.68. The third-order valence-electron chi connectivity index (χ3n) is 6.68. The molecule has 1 N–H and O–H groups in total. The quantitative estimate of drug-likeness (QED) is 0.795. The van der Waals surface area contributed by atoms with Gasteiger partial charge in [-0.25, -0.2) is 4.79 Å². The van der Waals surface area contributed by atoms with E-state index in [0.717, 1.165) is 43.5 Å². The summed E-state index contributed by atoms with van der Waals surface area (Å²) in [6.07, 6.45) is 3.56. The molecule has 2 aromatic rings. The SMILES string of the molecule is Cc1cccc(NC(=O)N2C3CCCC2C2c4cc(C)ccc4CCN2C3=O)c1. The summed E-state index contributed by atoms with van der Waals surface area (Å²) in [6.45, 7) is 4.85. The molecule has 150 valence electrons. The summed E-state index contributed by atoms with van der Waals surface area (Å²) in [5.74, 6) is 0.109. The number of benzene rings is 2. The molecule has 3 amide bonds. The maximum atomic E-state index is 13.4. The number of hydrogen-bond donors (Lipinski definition) is 1. The van der Waals surface area contributed by atoms with Gasteiger partial charge in [0.25, 0.3) is 0 Å². The summed E-state index contributed by atoms with van der Waals surface area (Å²) in [5, 5.41) is 3.05. The lowest BCUT2D eigenvalue weighted by atomic mass is 9.78. The lowest BCUT2D eigenvalue weighted by molar-refractivity contribution is -0.152. The molecule has 5 heteroatoms. The first-order valence-electron chi connectivity index (χ1n) is 10.6. The number of carbonyl (C=O) groups excluding carboxylic acids is 2. The van der Waals surface area contributed by atoms with Gasteiger partial charge < -0.3 is 15.1 Å². The molecule has 3 unspecified atom stereocenters. The van der Waals surface area contributed by atoms with Gasteiger partial charge in [0.1, 0.15) is 6.04 Å². The van der Waals surface area contributed by atoms with Crippen molar-refractivity contribution in [3.05, 3.63) is 64.7 Å². The number of nitrogens with zero attached hydrogens (tertiary/aromatic N) is 2. The zero-order valence-corrected chi connectivity index (χ0v) is 17.0. The molecule has 0 radical (unpaired) electrons. The van der Waals surface area contributed by atoms with Crippen LogP contribution in [-0.4, -0.2) is 40.4 Å². The van der Waals surface area contributed by atoms with E-state index in [-0.39, 0.29) is 30.1 Å². The first-order valence-corrected chi connectivity index (χ1v) is 10.6. The summed E-state index contributed by atoms with van der Waals surface area (Å²) in [5.41, 5.74) is 5.62. The Morgan fingerprint density at radius 3 is 2.72 bits per heavy atom. The minimum absolute atomic E-state index is 0.0251. The highest BCUT2D eigenvalue weighted by Gasteiger charge is 2.52.